The molecule has 138 valence electrons. The Hall–Kier alpha value is -0.840. The average Bonchev–Trinajstić information content (AvgIpc) is 3.13. The molecule has 2 unspecified atom stereocenters. The highest BCUT2D eigenvalue weighted by Gasteiger charge is 2.42. The van der Waals surface area contributed by atoms with E-state index in [1.165, 1.54) is 24.2 Å². The van der Waals surface area contributed by atoms with Crippen LogP contribution in [0.3, 0.4) is 0 Å². The molecule has 0 bridgehead atoms. The molecule has 1 aromatic rings. The van der Waals surface area contributed by atoms with E-state index in [2.05, 4.69) is 22.4 Å². The zero-order valence-corrected chi connectivity index (χ0v) is 15.4. The molecule has 9 heteroatoms. The lowest BCUT2D eigenvalue weighted by atomic mass is 10.2. The van der Waals surface area contributed by atoms with Crippen molar-refractivity contribution in [3.8, 4) is 5.19 Å². The number of unbranched alkanes of at least 4 members (excludes halogenated alkanes) is 3. The quantitative estimate of drug-likeness (QED) is 0.351. The Bertz CT molecular complexity index is 489. The summed E-state index contributed by atoms with van der Waals surface area (Å²) < 4.78 is 5.07. The predicted octanol–water partition coefficient (Wildman–Crippen LogP) is 1.50. The Balaban J connectivity index is 1.92. The zero-order valence-electron chi connectivity index (χ0n) is 14.6. The minimum Gasteiger partial charge on any atom is -0.623 e. The lowest BCUT2D eigenvalue weighted by Gasteiger charge is -2.39. The molecule has 1 saturated heterocycles. The first-order valence-corrected chi connectivity index (χ1v) is 9.50. The van der Waals surface area contributed by atoms with Crippen LogP contribution in [0.15, 0.2) is 0 Å². The van der Waals surface area contributed by atoms with Gasteiger partial charge in [-0.2, -0.15) is 0 Å². The van der Waals surface area contributed by atoms with Gasteiger partial charge in [-0.3, -0.25) is 14.9 Å². The van der Waals surface area contributed by atoms with Gasteiger partial charge in [0.15, 0.2) is 6.17 Å². The number of ether oxygens (including phenoxy) is 1. The van der Waals surface area contributed by atoms with E-state index in [1.54, 1.807) is 0 Å². The van der Waals surface area contributed by atoms with Gasteiger partial charge < -0.3 is 15.1 Å². The molecule has 1 aromatic heterocycles. The summed E-state index contributed by atoms with van der Waals surface area (Å²) in [6, 6.07) is 0. The first kappa shape index (κ1) is 19.5. The van der Waals surface area contributed by atoms with Crippen molar-refractivity contribution in [1.82, 2.24) is 25.1 Å². The van der Waals surface area contributed by atoms with E-state index in [1.807, 2.05) is 11.9 Å². The molecule has 2 atom stereocenters. The van der Waals surface area contributed by atoms with E-state index in [0.29, 0.717) is 43.1 Å². The highest BCUT2D eigenvalue weighted by atomic mass is 32.1. The van der Waals surface area contributed by atoms with Crippen LogP contribution in [0.1, 0.15) is 39.0 Å². The molecule has 1 aliphatic rings. The molecule has 2 rings (SSSR count). The van der Waals surface area contributed by atoms with Crippen LogP contribution in [0.2, 0.25) is 0 Å². The van der Waals surface area contributed by atoms with Crippen molar-refractivity contribution >= 4 is 16.5 Å². The van der Waals surface area contributed by atoms with Crippen LogP contribution in [0.25, 0.3) is 0 Å². The second-order valence-corrected chi connectivity index (χ2v) is 7.20. The van der Waals surface area contributed by atoms with Crippen molar-refractivity contribution in [2.45, 2.75) is 45.2 Å². The van der Waals surface area contributed by atoms with Crippen molar-refractivity contribution in [3.05, 3.63) is 5.21 Å². The number of hydrogen-bond donors (Lipinski definition) is 2. The van der Waals surface area contributed by atoms with Crippen molar-refractivity contribution in [3.63, 3.8) is 0 Å². The third-order valence-corrected chi connectivity index (χ3v) is 5.04. The number of likely N-dealkylation sites (N-methyl/N-ethyl adjacent to an activating group) is 1. The summed E-state index contributed by atoms with van der Waals surface area (Å²) in [6.07, 6.45) is 4.87. The Labute approximate surface area is 147 Å². The van der Waals surface area contributed by atoms with E-state index in [-0.39, 0.29) is 12.8 Å². The maximum Gasteiger partial charge on any atom is 0.312 e. The molecule has 0 spiro atoms. The summed E-state index contributed by atoms with van der Waals surface area (Å²) in [4.78, 5) is 1.98. The summed E-state index contributed by atoms with van der Waals surface area (Å²) in [5.74, 6) is 0. The molecule has 0 amide bonds. The molecule has 0 aliphatic carbocycles. The van der Waals surface area contributed by atoms with Gasteiger partial charge in [0.25, 0.3) is 5.19 Å². The van der Waals surface area contributed by atoms with Crippen LogP contribution >= 0.6 is 11.3 Å². The Morgan fingerprint density at radius 1 is 1.38 bits per heavy atom. The summed E-state index contributed by atoms with van der Waals surface area (Å²) in [7, 11) is 1.92. The molecule has 0 saturated carbocycles. The van der Waals surface area contributed by atoms with Crippen LogP contribution in [0.4, 0.5) is 5.13 Å². The lowest BCUT2D eigenvalue weighted by molar-refractivity contribution is 0.260. The Morgan fingerprint density at radius 2 is 2.21 bits per heavy atom. The minimum absolute atomic E-state index is 0.114. The van der Waals surface area contributed by atoms with Gasteiger partial charge in [-0.15, -0.1) is 0 Å². The van der Waals surface area contributed by atoms with E-state index in [4.69, 9.17) is 9.84 Å². The second kappa shape index (κ2) is 9.59. The average molecular weight is 359 g/mol. The molecule has 1 aliphatic heterocycles. The van der Waals surface area contributed by atoms with Gasteiger partial charge in [0.05, 0.1) is 13.2 Å². The number of aliphatic hydroxyl groups excluding tert-OH is 1. The van der Waals surface area contributed by atoms with Crippen molar-refractivity contribution < 1.29 is 9.84 Å². The second-order valence-electron chi connectivity index (χ2n) is 6.28. The number of hydrogen-bond acceptors (Lipinski definition) is 8. The molecular weight excluding hydrogens is 330 g/mol. The van der Waals surface area contributed by atoms with Gasteiger partial charge >= 0.3 is 5.13 Å². The third-order valence-electron chi connectivity index (χ3n) is 4.10. The summed E-state index contributed by atoms with van der Waals surface area (Å²) >= 11 is 1.24. The summed E-state index contributed by atoms with van der Waals surface area (Å²) in [5, 5.41) is 34.4. The molecule has 0 aromatic carbocycles. The smallest absolute Gasteiger partial charge is 0.312 e. The maximum atomic E-state index is 13.3. The molecule has 0 radical (unpaired) electrons. The van der Waals surface area contributed by atoms with Crippen LogP contribution in [0, 0.1) is 5.21 Å². The fraction of sp³-hybridized carbons (Fsp3) is 0.867. The van der Waals surface area contributed by atoms with E-state index < -0.39 is 4.65 Å². The van der Waals surface area contributed by atoms with Gasteiger partial charge in [-0.1, -0.05) is 36.4 Å². The Kier molecular flexibility index (Phi) is 7.79. The number of aromatic nitrogens is 2. The van der Waals surface area contributed by atoms with Gasteiger partial charge in [0.2, 0.25) is 0 Å². The van der Waals surface area contributed by atoms with Crippen molar-refractivity contribution in [2.24, 2.45) is 0 Å². The number of hydroxylamine groups is 2. The number of nitrogens with one attached hydrogen (secondary N) is 1. The molecule has 24 heavy (non-hydrogen) atoms. The molecule has 2 heterocycles. The number of rotatable bonds is 11. The summed E-state index contributed by atoms with van der Waals surface area (Å²) in [6.45, 7) is 4.49. The van der Waals surface area contributed by atoms with Crippen molar-refractivity contribution in [2.75, 3.05) is 40.0 Å². The van der Waals surface area contributed by atoms with Gasteiger partial charge in [-0.05, 0) is 19.9 Å². The highest BCUT2D eigenvalue weighted by molar-refractivity contribution is 7.16. The molecular formula is C15H29N5O3S. The molecule has 2 N–H and O–H groups in total. The van der Waals surface area contributed by atoms with Crippen LogP contribution in [-0.2, 0) is 0 Å². The fourth-order valence-corrected chi connectivity index (χ4v) is 3.60. The maximum absolute atomic E-state index is 13.3. The fourth-order valence-electron chi connectivity index (χ4n) is 2.80. The highest BCUT2D eigenvalue weighted by Crippen LogP contribution is 2.35. The largest absolute Gasteiger partial charge is 0.623 e. The van der Waals surface area contributed by atoms with E-state index in [9.17, 15) is 5.21 Å². The van der Waals surface area contributed by atoms with E-state index >= 15 is 0 Å². The molecule has 1 fully saturated rings. The minimum atomic E-state index is -0.557. The van der Waals surface area contributed by atoms with Crippen molar-refractivity contribution in [1.29, 1.82) is 0 Å². The topological polar surface area (TPSA) is 93.6 Å². The first-order chi connectivity index (χ1) is 11.6. The van der Waals surface area contributed by atoms with Gasteiger partial charge in [0.1, 0.15) is 6.67 Å². The van der Waals surface area contributed by atoms with Gasteiger partial charge in [-0.25, -0.2) is 0 Å². The summed E-state index contributed by atoms with van der Waals surface area (Å²) in [5.41, 5.74) is 0. The number of aliphatic hydroxyl groups is 1. The van der Waals surface area contributed by atoms with Crippen LogP contribution in [-0.4, -0.2) is 66.4 Å². The molecule has 8 nitrogen and oxygen atoms in total. The zero-order chi connectivity index (χ0) is 17.4. The monoisotopic (exact) mass is 359 g/mol. The van der Waals surface area contributed by atoms with Crippen LogP contribution in [0.5, 0.6) is 5.19 Å². The lowest BCUT2D eigenvalue weighted by Crippen LogP contribution is -2.56. The third kappa shape index (κ3) is 5.08. The van der Waals surface area contributed by atoms with Crippen LogP contribution < -0.4 is 14.7 Å². The SMILES string of the molecule is CCCCCCOc1nnc([N+]2([O-])CN(C)CC2NCCCO)s1. The first-order valence-electron chi connectivity index (χ1n) is 8.68. The number of nitrogens with zero attached hydrogens (tertiary/aromatic N) is 4. The standard InChI is InChI=1S/C15H29N5O3S/c1-3-4-5-6-10-23-15-18-17-14(24-15)20(22)12-19(2)11-13(20)16-8-7-9-21/h13,16,21H,3-12H2,1-2H3. The van der Waals surface area contributed by atoms with Gasteiger partial charge in [0, 0.05) is 24.5 Å². The number of quaternary nitrogens is 1. The van der Waals surface area contributed by atoms with E-state index in [0.717, 1.165) is 12.8 Å². The Morgan fingerprint density at radius 3 is 2.96 bits per heavy atom. The normalized spacial score (nSPS) is 24.6. The predicted molar refractivity (Wildman–Crippen MR) is 95.7 cm³/mol.